The van der Waals surface area contributed by atoms with E-state index >= 15 is 0 Å². The largest absolute Gasteiger partial charge is 0.327 e. The molecule has 2 aliphatic heterocycles. The van der Waals surface area contributed by atoms with Crippen molar-refractivity contribution in [2.75, 3.05) is 13.1 Å². The highest BCUT2D eigenvalue weighted by Crippen LogP contribution is 2.32. The Kier molecular flexibility index (Phi) is 5.98. The third kappa shape index (κ3) is 4.29. The number of likely N-dealkylation sites (tertiary alicyclic amines) is 1. The van der Waals surface area contributed by atoms with E-state index in [1.165, 1.54) is 15.9 Å². The molecule has 2 fully saturated rings. The Hall–Kier alpha value is -2.52. The highest BCUT2D eigenvalue weighted by atomic mass is 35.5. The van der Waals surface area contributed by atoms with Crippen LogP contribution in [0.1, 0.15) is 45.6 Å². The molecule has 9 nitrogen and oxygen atoms in total. The summed E-state index contributed by atoms with van der Waals surface area (Å²) in [5, 5.41) is 15.2. The predicted octanol–water partition coefficient (Wildman–Crippen LogP) is 2.64. The van der Waals surface area contributed by atoms with Crippen LogP contribution in [0, 0.1) is 5.41 Å². The number of imide groups is 1. The Morgan fingerprint density at radius 3 is 2.77 bits per heavy atom. The maximum Gasteiger partial charge on any atom is 0.327 e. The van der Waals surface area contributed by atoms with Crippen LogP contribution < -0.4 is 5.32 Å². The first-order valence-corrected chi connectivity index (χ1v) is 11.0. The summed E-state index contributed by atoms with van der Waals surface area (Å²) < 4.78 is 1.51. The number of hydrogen-bond acceptors (Lipinski definition) is 6. The molecular weight excluding hydrogens is 418 g/mol. The summed E-state index contributed by atoms with van der Waals surface area (Å²) in [7, 11) is 0. The number of aromatic nitrogens is 4. The zero-order valence-electron chi connectivity index (χ0n) is 18.1. The maximum atomic E-state index is 13.7. The molecule has 0 saturated carbocycles. The van der Waals surface area contributed by atoms with Crippen molar-refractivity contribution in [3.63, 3.8) is 0 Å². The van der Waals surface area contributed by atoms with Crippen molar-refractivity contribution in [2.45, 2.75) is 58.7 Å². The van der Waals surface area contributed by atoms with Crippen molar-refractivity contribution in [3.05, 3.63) is 35.1 Å². The summed E-state index contributed by atoms with van der Waals surface area (Å²) in [6.07, 6.45) is 4.23. The molecule has 0 radical (unpaired) electrons. The Bertz CT molecular complexity index is 963. The fourth-order valence-electron chi connectivity index (χ4n) is 4.50. The van der Waals surface area contributed by atoms with Crippen molar-refractivity contribution in [1.29, 1.82) is 0 Å². The van der Waals surface area contributed by atoms with Gasteiger partial charge < -0.3 is 10.2 Å². The number of hydrogen-bond donors (Lipinski definition) is 1. The van der Waals surface area contributed by atoms with E-state index in [9.17, 15) is 9.59 Å². The number of tetrazole rings is 1. The molecule has 31 heavy (non-hydrogen) atoms. The molecule has 2 saturated heterocycles. The summed E-state index contributed by atoms with van der Waals surface area (Å²) in [6, 6.07) is 4.70. The zero-order valence-corrected chi connectivity index (χ0v) is 18.8. The van der Waals surface area contributed by atoms with E-state index in [1.807, 2.05) is 6.92 Å². The first-order valence-electron chi connectivity index (χ1n) is 10.6. The lowest BCUT2D eigenvalue weighted by molar-refractivity contribution is -0.133. The molecule has 10 heteroatoms. The molecule has 166 valence electrons. The van der Waals surface area contributed by atoms with Gasteiger partial charge in [-0.2, -0.15) is 0 Å². The Balaban J connectivity index is 1.71. The van der Waals surface area contributed by atoms with Crippen LogP contribution in [0.4, 0.5) is 4.79 Å². The minimum atomic E-state index is -0.426. The van der Waals surface area contributed by atoms with Gasteiger partial charge in [0.1, 0.15) is 6.33 Å². The average Bonchev–Trinajstić information content (AvgIpc) is 3.46. The number of nitrogens with zero attached hydrogens (tertiary/aromatic N) is 6. The fraction of sp³-hybridized carbons (Fsp3) is 0.571. The van der Waals surface area contributed by atoms with E-state index in [0.717, 1.165) is 25.8 Å². The molecule has 4 rings (SSSR count). The third-order valence-electron chi connectivity index (χ3n) is 6.41. The van der Waals surface area contributed by atoms with Crippen molar-refractivity contribution in [3.8, 4) is 5.69 Å². The van der Waals surface area contributed by atoms with Gasteiger partial charge in [-0.05, 0) is 72.3 Å². The average molecular weight is 446 g/mol. The molecular formula is C21H28ClN7O2. The lowest BCUT2D eigenvalue weighted by atomic mass is 9.84. The highest BCUT2D eigenvalue weighted by molar-refractivity contribution is 6.30. The number of carbonyl (C=O) groups is 2. The predicted molar refractivity (Wildman–Crippen MR) is 116 cm³/mol. The normalized spacial score (nSPS) is 22.6. The Labute approximate surface area is 186 Å². The van der Waals surface area contributed by atoms with Gasteiger partial charge in [0.25, 0.3) is 0 Å². The zero-order chi connectivity index (χ0) is 22.2. The van der Waals surface area contributed by atoms with Crippen LogP contribution >= 0.6 is 11.6 Å². The number of amides is 3. The smallest absolute Gasteiger partial charge is 0.322 e. The molecule has 0 bridgehead atoms. The number of halogens is 1. The van der Waals surface area contributed by atoms with Crippen LogP contribution in [0.5, 0.6) is 0 Å². The monoisotopic (exact) mass is 445 g/mol. The number of benzene rings is 1. The van der Waals surface area contributed by atoms with Crippen LogP contribution in [-0.2, 0) is 11.3 Å². The van der Waals surface area contributed by atoms with Gasteiger partial charge in [-0.1, -0.05) is 25.4 Å². The molecule has 3 heterocycles. The van der Waals surface area contributed by atoms with E-state index in [0.29, 0.717) is 22.8 Å². The van der Waals surface area contributed by atoms with Crippen LogP contribution in [0.2, 0.25) is 5.02 Å². The second kappa shape index (κ2) is 8.55. The van der Waals surface area contributed by atoms with Gasteiger partial charge in [0.05, 0.1) is 18.3 Å². The minimum absolute atomic E-state index is 0.0882. The molecule has 1 aromatic heterocycles. The standard InChI is InChI=1S/C21H28ClN7O2/c1-14-5-4-10-27(14)20(31)28(19(30)18-21(2,3)8-9-23-18)12-15-11-16(22)6-7-17(15)29-13-24-25-26-29/h6-7,11,13-14,18,23H,4-5,8-10,12H2,1-3H3/t14-,18-/m1/s1. The summed E-state index contributed by atoms with van der Waals surface area (Å²) in [6.45, 7) is 7.63. The van der Waals surface area contributed by atoms with Gasteiger partial charge in [0.15, 0.2) is 0 Å². The minimum Gasteiger partial charge on any atom is -0.322 e. The molecule has 1 aromatic carbocycles. The topological polar surface area (TPSA) is 96.2 Å². The first kappa shape index (κ1) is 21.7. The SMILES string of the molecule is C[C@@H]1CCCN1C(=O)N(Cc1cc(Cl)ccc1-n1cnnn1)C(=O)[C@H]1NCCC1(C)C. The number of rotatable bonds is 4. The van der Waals surface area contributed by atoms with E-state index in [4.69, 9.17) is 11.6 Å². The third-order valence-corrected chi connectivity index (χ3v) is 6.64. The lowest BCUT2D eigenvalue weighted by Gasteiger charge is -2.34. The summed E-state index contributed by atoms with van der Waals surface area (Å²) >= 11 is 6.27. The van der Waals surface area contributed by atoms with Crippen molar-refractivity contribution >= 4 is 23.5 Å². The second-order valence-electron chi connectivity index (χ2n) is 9.04. The van der Waals surface area contributed by atoms with Gasteiger partial charge in [0.2, 0.25) is 5.91 Å². The van der Waals surface area contributed by atoms with E-state index in [1.54, 1.807) is 23.1 Å². The van der Waals surface area contributed by atoms with Gasteiger partial charge in [0, 0.05) is 17.6 Å². The van der Waals surface area contributed by atoms with E-state index in [-0.39, 0.29) is 29.9 Å². The molecule has 3 amide bonds. The quantitative estimate of drug-likeness (QED) is 0.777. The maximum absolute atomic E-state index is 13.7. The molecule has 2 aliphatic rings. The first-order chi connectivity index (χ1) is 14.8. The summed E-state index contributed by atoms with van der Waals surface area (Å²) in [5.41, 5.74) is 1.14. The van der Waals surface area contributed by atoms with Gasteiger partial charge >= 0.3 is 6.03 Å². The lowest BCUT2D eigenvalue weighted by Crippen LogP contribution is -2.54. The summed E-state index contributed by atoms with van der Waals surface area (Å²) in [4.78, 5) is 30.4. The molecule has 0 spiro atoms. The van der Waals surface area contributed by atoms with Crippen molar-refractivity contribution in [2.24, 2.45) is 5.41 Å². The molecule has 2 aromatic rings. The van der Waals surface area contributed by atoms with E-state index in [2.05, 4.69) is 34.7 Å². The summed E-state index contributed by atoms with van der Waals surface area (Å²) in [5.74, 6) is -0.214. The van der Waals surface area contributed by atoms with Gasteiger partial charge in [-0.25, -0.2) is 9.48 Å². The second-order valence-corrected chi connectivity index (χ2v) is 9.48. The van der Waals surface area contributed by atoms with E-state index < -0.39 is 6.04 Å². The van der Waals surface area contributed by atoms with Crippen LogP contribution in [0.3, 0.4) is 0 Å². The Morgan fingerprint density at radius 2 is 2.16 bits per heavy atom. The number of carbonyl (C=O) groups excluding carboxylic acids is 2. The van der Waals surface area contributed by atoms with Crippen molar-refractivity contribution < 1.29 is 9.59 Å². The molecule has 2 atom stereocenters. The molecule has 0 unspecified atom stereocenters. The highest BCUT2D eigenvalue weighted by Gasteiger charge is 2.44. The number of urea groups is 1. The van der Waals surface area contributed by atoms with Crippen molar-refractivity contribution in [1.82, 2.24) is 35.3 Å². The van der Waals surface area contributed by atoms with Crippen LogP contribution in [-0.4, -0.2) is 67.1 Å². The molecule has 1 N–H and O–H groups in total. The van der Waals surface area contributed by atoms with Crippen LogP contribution in [0.25, 0.3) is 5.69 Å². The van der Waals surface area contributed by atoms with Gasteiger partial charge in [-0.15, -0.1) is 5.10 Å². The van der Waals surface area contributed by atoms with Crippen LogP contribution in [0.15, 0.2) is 24.5 Å². The molecule has 0 aliphatic carbocycles. The Morgan fingerprint density at radius 1 is 1.35 bits per heavy atom. The number of nitrogens with one attached hydrogen (secondary N) is 1. The fourth-order valence-corrected chi connectivity index (χ4v) is 4.69. The van der Waals surface area contributed by atoms with Gasteiger partial charge in [-0.3, -0.25) is 9.69 Å².